The molecule has 0 aliphatic rings. The van der Waals surface area contributed by atoms with E-state index in [-0.39, 0.29) is 15.0 Å². The van der Waals surface area contributed by atoms with Crippen LogP contribution in [-0.4, -0.2) is 4.99 Å². The SMILES string of the molecule is Cc1cccc(C(N)=S)c1Nc1c(Cl)cc(F)cc1Cl. The lowest BCUT2D eigenvalue weighted by Crippen LogP contribution is -2.13. The van der Waals surface area contributed by atoms with E-state index in [1.807, 2.05) is 19.1 Å². The first-order valence-corrected chi connectivity index (χ1v) is 6.87. The van der Waals surface area contributed by atoms with Crippen LogP contribution in [0, 0.1) is 12.7 Å². The molecule has 6 heteroatoms. The third-order valence-corrected chi connectivity index (χ3v) is 3.61. The number of rotatable bonds is 3. The molecule has 0 aliphatic heterocycles. The van der Waals surface area contributed by atoms with E-state index in [1.165, 1.54) is 12.1 Å². The van der Waals surface area contributed by atoms with Gasteiger partial charge in [-0.3, -0.25) is 0 Å². The van der Waals surface area contributed by atoms with Crippen molar-refractivity contribution in [2.75, 3.05) is 5.32 Å². The molecule has 0 aliphatic carbocycles. The van der Waals surface area contributed by atoms with Gasteiger partial charge in [-0.2, -0.15) is 0 Å². The normalized spacial score (nSPS) is 10.4. The lowest BCUT2D eigenvalue weighted by atomic mass is 10.1. The van der Waals surface area contributed by atoms with E-state index >= 15 is 0 Å². The number of thiocarbonyl (C=S) groups is 1. The molecule has 20 heavy (non-hydrogen) atoms. The Kier molecular flexibility index (Phi) is 4.48. The molecule has 104 valence electrons. The highest BCUT2D eigenvalue weighted by molar-refractivity contribution is 7.80. The van der Waals surface area contributed by atoms with E-state index in [2.05, 4.69) is 5.32 Å². The van der Waals surface area contributed by atoms with Gasteiger partial charge in [-0.05, 0) is 30.7 Å². The number of hydrogen-bond donors (Lipinski definition) is 2. The molecule has 0 amide bonds. The van der Waals surface area contributed by atoms with Crippen LogP contribution >= 0.6 is 35.4 Å². The third-order valence-electron chi connectivity index (χ3n) is 2.80. The smallest absolute Gasteiger partial charge is 0.126 e. The van der Waals surface area contributed by atoms with Crippen molar-refractivity contribution in [3.05, 3.63) is 57.3 Å². The molecule has 0 heterocycles. The Hall–Kier alpha value is -1.36. The van der Waals surface area contributed by atoms with Crippen LogP contribution in [0.15, 0.2) is 30.3 Å². The highest BCUT2D eigenvalue weighted by atomic mass is 35.5. The van der Waals surface area contributed by atoms with Gasteiger partial charge in [0.2, 0.25) is 0 Å². The number of nitrogens with two attached hydrogens (primary N) is 1. The first-order valence-electron chi connectivity index (χ1n) is 5.71. The second kappa shape index (κ2) is 5.95. The Morgan fingerprint density at radius 3 is 2.35 bits per heavy atom. The Bertz CT molecular complexity index is 666. The van der Waals surface area contributed by atoms with Crippen LogP contribution in [0.5, 0.6) is 0 Å². The van der Waals surface area contributed by atoms with Crippen LogP contribution < -0.4 is 11.1 Å². The van der Waals surface area contributed by atoms with Gasteiger partial charge in [-0.25, -0.2) is 4.39 Å². The van der Waals surface area contributed by atoms with Gasteiger partial charge in [0.05, 0.1) is 21.4 Å². The molecular weight excluding hydrogens is 318 g/mol. The maximum Gasteiger partial charge on any atom is 0.126 e. The Morgan fingerprint density at radius 1 is 1.20 bits per heavy atom. The van der Waals surface area contributed by atoms with Crippen molar-refractivity contribution in [1.82, 2.24) is 0 Å². The minimum Gasteiger partial charge on any atom is -0.389 e. The molecule has 3 N–H and O–H groups in total. The van der Waals surface area contributed by atoms with E-state index in [1.54, 1.807) is 6.07 Å². The summed E-state index contributed by atoms with van der Waals surface area (Å²) in [7, 11) is 0. The van der Waals surface area contributed by atoms with Gasteiger partial charge in [-0.15, -0.1) is 0 Å². The van der Waals surface area contributed by atoms with Gasteiger partial charge in [-0.1, -0.05) is 47.6 Å². The molecule has 0 saturated heterocycles. The number of hydrogen-bond acceptors (Lipinski definition) is 2. The summed E-state index contributed by atoms with van der Waals surface area (Å²) in [5.41, 5.74) is 8.43. The van der Waals surface area contributed by atoms with Crippen molar-refractivity contribution in [2.45, 2.75) is 6.92 Å². The first-order chi connectivity index (χ1) is 9.40. The maximum atomic E-state index is 13.2. The summed E-state index contributed by atoms with van der Waals surface area (Å²) in [4.78, 5) is 0.255. The summed E-state index contributed by atoms with van der Waals surface area (Å²) < 4.78 is 13.2. The Balaban J connectivity index is 2.53. The van der Waals surface area contributed by atoms with Gasteiger partial charge in [0, 0.05) is 5.56 Å². The van der Waals surface area contributed by atoms with Crippen molar-refractivity contribution in [2.24, 2.45) is 5.73 Å². The van der Waals surface area contributed by atoms with Gasteiger partial charge >= 0.3 is 0 Å². The Labute approximate surface area is 131 Å². The molecule has 2 nitrogen and oxygen atoms in total. The monoisotopic (exact) mass is 328 g/mol. The highest BCUT2D eigenvalue weighted by Crippen LogP contribution is 2.35. The van der Waals surface area contributed by atoms with Gasteiger partial charge in [0.15, 0.2) is 0 Å². The summed E-state index contributed by atoms with van der Waals surface area (Å²) >= 11 is 17.1. The number of aryl methyl sites for hydroxylation is 1. The first kappa shape index (κ1) is 15.0. The molecular formula is C14H11Cl2FN2S. The topological polar surface area (TPSA) is 38.0 Å². The van der Waals surface area contributed by atoms with Gasteiger partial charge in [0.25, 0.3) is 0 Å². The summed E-state index contributed by atoms with van der Waals surface area (Å²) in [6, 6.07) is 7.92. The summed E-state index contributed by atoms with van der Waals surface area (Å²) in [6.45, 7) is 1.90. The maximum absolute atomic E-state index is 13.2. The van der Waals surface area contributed by atoms with E-state index in [0.717, 1.165) is 5.56 Å². The van der Waals surface area contributed by atoms with Crippen LogP contribution in [-0.2, 0) is 0 Å². The molecule has 2 aromatic carbocycles. The molecule has 0 saturated carbocycles. The number of anilines is 2. The fraction of sp³-hybridized carbons (Fsp3) is 0.0714. The summed E-state index contributed by atoms with van der Waals surface area (Å²) in [5.74, 6) is -0.495. The standard InChI is InChI=1S/C14H11Cl2FN2S/c1-7-3-2-4-9(14(18)20)12(7)19-13-10(15)5-8(17)6-11(13)16/h2-6,19H,1H3,(H2,18,20). The molecule has 0 unspecified atom stereocenters. The predicted octanol–water partition coefficient (Wildman–Crippen LogP) is 4.82. The molecule has 0 aromatic heterocycles. The van der Waals surface area contributed by atoms with E-state index in [0.29, 0.717) is 16.9 Å². The van der Waals surface area contributed by atoms with Crippen molar-refractivity contribution in [3.63, 3.8) is 0 Å². The van der Waals surface area contributed by atoms with Crippen molar-refractivity contribution in [3.8, 4) is 0 Å². The zero-order valence-corrected chi connectivity index (χ0v) is 12.8. The average molecular weight is 329 g/mol. The van der Waals surface area contributed by atoms with Crippen molar-refractivity contribution in [1.29, 1.82) is 0 Å². The molecule has 0 spiro atoms. The lowest BCUT2D eigenvalue weighted by Gasteiger charge is -2.16. The van der Waals surface area contributed by atoms with E-state index in [9.17, 15) is 4.39 Å². The fourth-order valence-corrected chi connectivity index (χ4v) is 2.55. The highest BCUT2D eigenvalue weighted by Gasteiger charge is 2.13. The largest absolute Gasteiger partial charge is 0.389 e. The van der Waals surface area contributed by atoms with Crippen LogP contribution in [0.25, 0.3) is 0 Å². The lowest BCUT2D eigenvalue weighted by molar-refractivity contribution is 0.628. The molecule has 0 fully saturated rings. The second-order valence-corrected chi connectivity index (χ2v) is 5.49. The van der Waals surface area contributed by atoms with Crippen molar-refractivity contribution >= 4 is 51.8 Å². The molecule has 2 rings (SSSR count). The number of benzene rings is 2. The van der Waals surface area contributed by atoms with Crippen LogP contribution in [0.1, 0.15) is 11.1 Å². The zero-order valence-electron chi connectivity index (χ0n) is 10.5. The second-order valence-electron chi connectivity index (χ2n) is 4.23. The molecule has 0 atom stereocenters. The summed E-state index contributed by atoms with van der Waals surface area (Å²) in [5, 5.41) is 3.46. The number of halogens is 3. The minimum atomic E-state index is -0.495. The quantitative estimate of drug-likeness (QED) is 0.793. The summed E-state index contributed by atoms with van der Waals surface area (Å²) in [6.07, 6.45) is 0. The number of nitrogens with one attached hydrogen (secondary N) is 1. The van der Waals surface area contributed by atoms with Gasteiger partial charge < -0.3 is 11.1 Å². The fourth-order valence-electron chi connectivity index (χ4n) is 1.83. The molecule has 0 bridgehead atoms. The van der Waals surface area contributed by atoms with Crippen LogP contribution in [0.2, 0.25) is 10.0 Å². The Morgan fingerprint density at radius 2 is 1.80 bits per heavy atom. The van der Waals surface area contributed by atoms with Crippen LogP contribution in [0.3, 0.4) is 0 Å². The van der Waals surface area contributed by atoms with E-state index in [4.69, 9.17) is 41.2 Å². The van der Waals surface area contributed by atoms with Gasteiger partial charge in [0.1, 0.15) is 10.8 Å². The average Bonchev–Trinajstić information content (AvgIpc) is 2.34. The number of para-hydroxylation sites is 1. The minimum absolute atomic E-state index is 0.187. The molecule has 0 radical (unpaired) electrons. The van der Waals surface area contributed by atoms with Crippen molar-refractivity contribution < 1.29 is 4.39 Å². The predicted molar refractivity (Wildman–Crippen MR) is 86.8 cm³/mol. The van der Waals surface area contributed by atoms with E-state index < -0.39 is 5.82 Å². The zero-order chi connectivity index (χ0) is 14.9. The van der Waals surface area contributed by atoms with Crippen LogP contribution in [0.4, 0.5) is 15.8 Å². The molecule has 2 aromatic rings. The third kappa shape index (κ3) is 3.03.